The van der Waals surface area contributed by atoms with Crippen molar-refractivity contribution in [2.24, 2.45) is 0 Å². The van der Waals surface area contributed by atoms with Gasteiger partial charge < -0.3 is 5.32 Å². The molecule has 1 aliphatic rings. The fourth-order valence-electron chi connectivity index (χ4n) is 1.70. The number of thioether (sulfide) groups is 2. The Hall–Kier alpha value is 0.290. The summed E-state index contributed by atoms with van der Waals surface area (Å²) in [5.41, 5.74) is 1.39. The van der Waals surface area contributed by atoms with Gasteiger partial charge in [-0.05, 0) is 0 Å². The van der Waals surface area contributed by atoms with Crippen LogP contribution in [-0.2, 0) is 12.0 Å². The molecule has 0 amide bonds. The van der Waals surface area contributed by atoms with Crippen molar-refractivity contribution in [1.82, 2.24) is 10.3 Å². The predicted octanol–water partition coefficient (Wildman–Crippen LogP) is 3.38. The smallest absolute Gasteiger partial charge is 0.107 e. The Labute approximate surface area is 123 Å². The number of nitrogens with zero attached hydrogens (tertiary/aromatic N) is 1. The van der Waals surface area contributed by atoms with Gasteiger partial charge in [-0.3, -0.25) is 0 Å². The van der Waals surface area contributed by atoms with Crippen molar-refractivity contribution in [1.29, 1.82) is 0 Å². The molecular weight excluding hydrogens is 280 g/mol. The molecule has 1 fully saturated rings. The summed E-state index contributed by atoms with van der Waals surface area (Å²) in [7, 11) is 0. The zero-order valence-electron chi connectivity index (χ0n) is 11.4. The lowest BCUT2D eigenvalue weighted by molar-refractivity contribution is 0.562. The minimum Gasteiger partial charge on any atom is -0.306 e. The van der Waals surface area contributed by atoms with Crippen molar-refractivity contribution in [2.75, 3.05) is 23.0 Å². The van der Waals surface area contributed by atoms with Crippen LogP contribution in [0.25, 0.3) is 0 Å². The maximum absolute atomic E-state index is 4.73. The lowest BCUT2D eigenvalue weighted by Crippen LogP contribution is -2.32. The third-order valence-electron chi connectivity index (χ3n) is 2.87. The molecule has 2 rings (SSSR count). The molecule has 1 N–H and O–H groups in total. The van der Waals surface area contributed by atoms with Gasteiger partial charge in [0.05, 0.1) is 5.69 Å². The Morgan fingerprint density at radius 1 is 1.28 bits per heavy atom. The third-order valence-corrected chi connectivity index (χ3v) is 6.24. The summed E-state index contributed by atoms with van der Waals surface area (Å²) in [4.78, 5) is 4.73. The molecule has 1 aromatic heterocycles. The van der Waals surface area contributed by atoms with Crippen molar-refractivity contribution in [3.05, 3.63) is 16.1 Å². The normalized spacial score (nSPS) is 18.8. The van der Waals surface area contributed by atoms with E-state index in [9.17, 15) is 0 Å². The van der Waals surface area contributed by atoms with Crippen LogP contribution in [0.5, 0.6) is 0 Å². The number of nitrogens with one attached hydrogen (secondary N) is 1. The van der Waals surface area contributed by atoms with Crippen molar-refractivity contribution >= 4 is 34.9 Å². The largest absolute Gasteiger partial charge is 0.306 e. The number of aromatic nitrogens is 1. The van der Waals surface area contributed by atoms with Gasteiger partial charge in [-0.1, -0.05) is 20.8 Å². The first-order valence-corrected chi connectivity index (χ1v) is 9.58. The number of rotatable bonds is 3. The Bertz CT molecular complexity index is 363. The predicted molar refractivity (Wildman–Crippen MR) is 86.1 cm³/mol. The van der Waals surface area contributed by atoms with Crippen LogP contribution in [0.1, 0.15) is 31.5 Å². The lowest BCUT2D eigenvalue weighted by Gasteiger charge is -2.15. The maximum Gasteiger partial charge on any atom is 0.107 e. The summed E-state index contributed by atoms with van der Waals surface area (Å²) in [5, 5.41) is 7.07. The quantitative estimate of drug-likeness (QED) is 0.925. The van der Waals surface area contributed by atoms with E-state index in [0.717, 1.165) is 6.54 Å². The summed E-state index contributed by atoms with van der Waals surface area (Å²) in [6, 6.07) is 0.643. The molecule has 18 heavy (non-hydrogen) atoms. The summed E-state index contributed by atoms with van der Waals surface area (Å²) >= 11 is 5.92. The first kappa shape index (κ1) is 14.7. The Morgan fingerprint density at radius 3 is 2.50 bits per heavy atom. The first-order chi connectivity index (χ1) is 8.55. The van der Waals surface area contributed by atoms with Crippen LogP contribution in [0.3, 0.4) is 0 Å². The Balaban J connectivity index is 1.84. The van der Waals surface area contributed by atoms with E-state index in [1.165, 1.54) is 33.7 Å². The standard InChI is InChI=1S/C13H22N2S3/c1-13(2,3)11-9-18-12(15-11)6-14-10-7-16-4-5-17-8-10/h9-10,14H,4-8H2,1-3H3. The van der Waals surface area contributed by atoms with E-state index in [0.29, 0.717) is 6.04 Å². The van der Waals surface area contributed by atoms with Gasteiger partial charge >= 0.3 is 0 Å². The molecule has 0 spiro atoms. The molecule has 0 unspecified atom stereocenters. The monoisotopic (exact) mass is 302 g/mol. The second-order valence-corrected chi connectivity index (χ2v) is 8.85. The first-order valence-electron chi connectivity index (χ1n) is 6.39. The van der Waals surface area contributed by atoms with Gasteiger partial charge in [0.1, 0.15) is 5.01 Å². The van der Waals surface area contributed by atoms with Crippen LogP contribution in [0, 0.1) is 0 Å². The molecule has 2 heterocycles. The molecule has 2 nitrogen and oxygen atoms in total. The third kappa shape index (κ3) is 4.44. The minimum atomic E-state index is 0.169. The second kappa shape index (κ2) is 6.64. The molecule has 1 aliphatic heterocycles. The molecule has 1 aromatic rings. The van der Waals surface area contributed by atoms with Gasteiger partial charge in [0, 0.05) is 46.4 Å². The molecule has 5 heteroatoms. The highest BCUT2D eigenvalue weighted by Gasteiger charge is 2.18. The van der Waals surface area contributed by atoms with Crippen LogP contribution in [0.4, 0.5) is 0 Å². The number of thiazole rings is 1. The maximum atomic E-state index is 4.73. The average molecular weight is 303 g/mol. The fraction of sp³-hybridized carbons (Fsp3) is 0.769. The molecule has 0 aliphatic carbocycles. The fourth-order valence-corrected chi connectivity index (χ4v) is 5.14. The topological polar surface area (TPSA) is 24.9 Å². The highest BCUT2D eigenvalue weighted by molar-refractivity contribution is 8.03. The zero-order valence-corrected chi connectivity index (χ0v) is 13.8. The molecule has 0 atom stereocenters. The van der Waals surface area contributed by atoms with E-state index < -0.39 is 0 Å². The van der Waals surface area contributed by atoms with Crippen LogP contribution >= 0.6 is 34.9 Å². The van der Waals surface area contributed by atoms with Crippen molar-refractivity contribution in [2.45, 2.75) is 38.8 Å². The summed E-state index contributed by atoms with van der Waals surface area (Å²) in [6.45, 7) is 7.58. The van der Waals surface area contributed by atoms with E-state index in [-0.39, 0.29) is 5.41 Å². The van der Waals surface area contributed by atoms with E-state index in [1.807, 2.05) is 0 Å². The Kier molecular flexibility index (Phi) is 5.42. The van der Waals surface area contributed by atoms with Crippen LogP contribution < -0.4 is 5.32 Å². The van der Waals surface area contributed by atoms with Crippen LogP contribution in [0.15, 0.2) is 5.38 Å². The van der Waals surface area contributed by atoms with Gasteiger partial charge in [-0.2, -0.15) is 23.5 Å². The van der Waals surface area contributed by atoms with E-state index >= 15 is 0 Å². The highest BCUT2D eigenvalue weighted by atomic mass is 32.2. The molecule has 102 valence electrons. The van der Waals surface area contributed by atoms with Gasteiger partial charge in [0.15, 0.2) is 0 Å². The number of hydrogen-bond donors (Lipinski definition) is 1. The highest BCUT2D eigenvalue weighted by Crippen LogP contribution is 2.24. The summed E-state index contributed by atoms with van der Waals surface area (Å²) < 4.78 is 0. The van der Waals surface area contributed by atoms with Crippen LogP contribution in [-0.4, -0.2) is 34.0 Å². The second-order valence-electron chi connectivity index (χ2n) is 5.60. The zero-order chi connectivity index (χ0) is 13.0. The lowest BCUT2D eigenvalue weighted by atomic mass is 9.93. The molecular formula is C13H22N2S3. The van der Waals surface area contributed by atoms with E-state index in [1.54, 1.807) is 11.3 Å². The molecule has 0 aromatic carbocycles. The summed E-state index contributed by atoms with van der Waals surface area (Å²) in [6.07, 6.45) is 0. The van der Waals surface area contributed by atoms with E-state index in [4.69, 9.17) is 4.98 Å². The van der Waals surface area contributed by atoms with E-state index in [2.05, 4.69) is 55.0 Å². The Morgan fingerprint density at radius 2 is 1.94 bits per heavy atom. The summed E-state index contributed by atoms with van der Waals surface area (Å²) in [5.74, 6) is 5.08. The minimum absolute atomic E-state index is 0.169. The molecule has 0 bridgehead atoms. The van der Waals surface area contributed by atoms with Gasteiger partial charge in [0.25, 0.3) is 0 Å². The van der Waals surface area contributed by atoms with Gasteiger partial charge in [-0.15, -0.1) is 11.3 Å². The van der Waals surface area contributed by atoms with Gasteiger partial charge in [-0.25, -0.2) is 4.98 Å². The molecule has 0 radical (unpaired) electrons. The van der Waals surface area contributed by atoms with Crippen LogP contribution in [0.2, 0.25) is 0 Å². The number of hydrogen-bond acceptors (Lipinski definition) is 5. The van der Waals surface area contributed by atoms with Gasteiger partial charge in [0.2, 0.25) is 0 Å². The average Bonchev–Trinajstić information content (AvgIpc) is 2.64. The van der Waals surface area contributed by atoms with Crippen molar-refractivity contribution in [3.63, 3.8) is 0 Å². The van der Waals surface area contributed by atoms with Crippen molar-refractivity contribution in [3.8, 4) is 0 Å². The molecule has 1 saturated heterocycles. The van der Waals surface area contributed by atoms with Crippen molar-refractivity contribution < 1.29 is 0 Å². The SMILES string of the molecule is CC(C)(C)c1csc(CNC2CSCCSC2)n1. The molecule has 0 saturated carbocycles.